The fourth-order valence-electron chi connectivity index (χ4n) is 2.37. The van der Waals surface area contributed by atoms with E-state index in [4.69, 9.17) is 5.11 Å². The molecule has 21 heavy (non-hydrogen) atoms. The van der Waals surface area contributed by atoms with Gasteiger partial charge >= 0.3 is 5.97 Å². The molecule has 0 saturated carbocycles. The molecule has 0 aliphatic heterocycles. The van der Waals surface area contributed by atoms with Gasteiger partial charge in [0.1, 0.15) is 12.1 Å². The summed E-state index contributed by atoms with van der Waals surface area (Å²) < 4.78 is 3.16. The zero-order chi connectivity index (χ0) is 15.7. The van der Waals surface area contributed by atoms with Crippen molar-refractivity contribution in [3.63, 3.8) is 0 Å². The summed E-state index contributed by atoms with van der Waals surface area (Å²) in [5, 5.41) is 9.68. The van der Waals surface area contributed by atoms with E-state index in [0.717, 1.165) is 5.69 Å². The largest absolute Gasteiger partial charge is 0.480 e. The fraction of sp³-hybridized carbons (Fsp3) is 0.500. The Morgan fingerprint density at radius 1 is 1.43 bits per heavy atom. The number of rotatable bonds is 5. The first-order valence-electron chi connectivity index (χ1n) is 6.71. The Morgan fingerprint density at radius 3 is 2.62 bits per heavy atom. The van der Waals surface area contributed by atoms with Crippen molar-refractivity contribution in [1.29, 1.82) is 0 Å². The van der Waals surface area contributed by atoms with Gasteiger partial charge in [-0.3, -0.25) is 14.2 Å². The predicted octanol–water partition coefficient (Wildman–Crippen LogP) is 1.97. The standard InChI is InChI=1S/C14H19N3O3S/c1-8(2)6-17-13(20)12-10(15-14(17)21-4)5-9(3)16(12)7-11(18)19/h5,8H,6-7H2,1-4H3,(H,18,19). The second-order valence-electron chi connectivity index (χ2n) is 5.41. The Morgan fingerprint density at radius 2 is 2.10 bits per heavy atom. The van der Waals surface area contributed by atoms with Crippen molar-refractivity contribution >= 4 is 28.8 Å². The van der Waals surface area contributed by atoms with Crippen LogP contribution in [0.15, 0.2) is 16.0 Å². The number of carboxylic acid groups (broad SMARTS) is 1. The summed E-state index contributed by atoms with van der Waals surface area (Å²) in [6.07, 6.45) is 1.88. The zero-order valence-electron chi connectivity index (χ0n) is 12.6. The van der Waals surface area contributed by atoms with E-state index in [1.807, 2.05) is 20.1 Å². The number of thioether (sulfide) groups is 1. The molecule has 0 aliphatic carbocycles. The number of nitrogens with zero attached hydrogens (tertiary/aromatic N) is 3. The van der Waals surface area contributed by atoms with Gasteiger partial charge in [0.2, 0.25) is 0 Å². The van der Waals surface area contributed by atoms with E-state index >= 15 is 0 Å². The Hall–Kier alpha value is -1.76. The molecule has 0 saturated heterocycles. The highest BCUT2D eigenvalue weighted by Crippen LogP contribution is 2.19. The van der Waals surface area contributed by atoms with Crippen molar-refractivity contribution in [2.45, 2.75) is 39.0 Å². The molecule has 0 bridgehead atoms. The number of aryl methyl sites for hydroxylation is 1. The summed E-state index contributed by atoms with van der Waals surface area (Å²) in [7, 11) is 0. The van der Waals surface area contributed by atoms with Gasteiger partial charge in [-0.15, -0.1) is 0 Å². The van der Waals surface area contributed by atoms with Crippen LogP contribution in [0.2, 0.25) is 0 Å². The summed E-state index contributed by atoms with van der Waals surface area (Å²) in [5.41, 5.74) is 1.48. The Balaban J connectivity index is 2.76. The van der Waals surface area contributed by atoms with Crippen molar-refractivity contribution in [2.75, 3.05) is 6.26 Å². The molecule has 0 aliphatic rings. The van der Waals surface area contributed by atoms with Gasteiger partial charge in [-0.25, -0.2) is 4.98 Å². The van der Waals surface area contributed by atoms with Crippen molar-refractivity contribution in [2.24, 2.45) is 5.92 Å². The molecular formula is C14H19N3O3S. The first-order valence-corrected chi connectivity index (χ1v) is 7.94. The highest BCUT2D eigenvalue weighted by Gasteiger charge is 2.18. The number of aromatic nitrogens is 3. The summed E-state index contributed by atoms with van der Waals surface area (Å²) >= 11 is 1.42. The van der Waals surface area contributed by atoms with Crippen LogP contribution < -0.4 is 5.56 Å². The van der Waals surface area contributed by atoms with Gasteiger partial charge in [-0.2, -0.15) is 0 Å². The normalized spacial score (nSPS) is 11.5. The van der Waals surface area contributed by atoms with Crippen molar-refractivity contribution in [3.8, 4) is 0 Å². The molecule has 0 fully saturated rings. The summed E-state index contributed by atoms with van der Waals surface area (Å²) in [6, 6.07) is 1.76. The van der Waals surface area contributed by atoms with E-state index < -0.39 is 5.97 Å². The molecule has 0 amide bonds. The third-order valence-corrected chi connectivity index (χ3v) is 3.88. The highest BCUT2D eigenvalue weighted by molar-refractivity contribution is 7.98. The maximum atomic E-state index is 12.8. The molecule has 0 unspecified atom stereocenters. The van der Waals surface area contributed by atoms with Gasteiger partial charge in [0.05, 0.1) is 5.52 Å². The molecule has 0 spiro atoms. The topological polar surface area (TPSA) is 77.1 Å². The van der Waals surface area contributed by atoms with E-state index in [2.05, 4.69) is 4.98 Å². The lowest BCUT2D eigenvalue weighted by molar-refractivity contribution is -0.137. The predicted molar refractivity (Wildman–Crippen MR) is 83.0 cm³/mol. The molecule has 2 aromatic heterocycles. The smallest absolute Gasteiger partial charge is 0.323 e. The lowest BCUT2D eigenvalue weighted by Gasteiger charge is -2.13. The third-order valence-electron chi connectivity index (χ3n) is 3.20. The van der Waals surface area contributed by atoms with Crippen LogP contribution in [0, 0.1) is 12.8 Å². The summed E-state index contributed by atoms with van der Waals surface area (Å²) in [6.45, 7) is 6.18. The number of hydrogen-bond donors (Lipinski definition) is 1. The van der Waals surface area contributed by atoms with Crippen molar-refractivity contribution < 1.29 is 9.90 Å². The molecule has 0 aromatic carbocycles. The fourth-order valence-corrected chi connectivity index (χ4v) is 2.94. The highest BCUT2D eigenvalue weighted by atomic mass is 32.2. The second kappa shape index (κ2) is 5.93. The van der Waals surface area contributed by atoms with Gasteiger partial charge in [-0.05, 0) is 25.2 Å². The van der Waals surface area contributed by atoms with Crippen LogP contribution in [0.1, 0.15) is 19.5 Å². The molecule has 2 heterocycles. The van der Waals surface area contributed by atoms with Crippen LogP contribution in [-0.4, -0.2) is 31.4 Å². The second-order valence-corrected chi connectivity index (χ2v) is 6.18. The van der Waals surface area contributed by atoms with Crippen LogP contribution in [0.25, 0.3) is 11.0 Å². The Labute approximate surface area is 126 Å². The monoisotopic (exact) mass is 309 g/mol. The lowest BCUT2D eigenvalue weighted by Crippen LogP contribution is -2.27. The number of hydrogen-bond acceptors (Lipinski definition) is 4. The van der Waals surface area contributed by atoms with Crippen LogP contribution in [0.3, 0.4) is 0 Å². The molecule has 114 valence electrons. The molecule has 7 heteroatoms. The molecule has 0 atom stereocenters. The summed E-state index contributed by atoms with van der Waals surface area (Å²) in [4.78, 5) is 28.3. The maximum absolute atomic E-state index is 12.8. The number of carbonyl (C=O) groups is 1. The molecular weight excluding hydrogens is 290 g/mol. The van der Waals surface area contributed by atoms with Crippen molar-refractivity contribution in [1.82, 2.24) is 14.1 Å². The van der Waals surface area contributed by atoms with Crippen LogP contribution in [0.5, 0.6) is 0 Å². The molecule has 6 nitrogen and oxygen atoms in total. The maximum Gasteiger partial charge on any atom is 0.323 e. The lowest BCUT2D eigenvalue weighted by atomic mass is 10.2. The van der Waals surface area contributed by atoms with Crippen LogP contribution in [-0.2, 0) is 17.9 Å². The van der Waals surface area contributed by atoms with Gasteiger partial charge < -0.3 is 9.67 Å². The number of aliphatic carboxylic acids is 1. The van der Waals surface area contributed by atoms with Crippen LogP contribution >= 0.6 is 11.8 Å². The Bertz CT molecular complexity index is 746. The molecule has 1 N–H and O–H groups in total. The van der Waals surface area contributed by atoms with Gasteiger partial charge in [-0.1, -0.05) is 25.6 Å². The van der Waals surface area contributed by atoms with Crippen LogP contribution in [0.4, 0.5) is 0 Å². The van der Waals surface area contributed by atoms with E-state index in [9.17, 15) is 9.59 Å². The number of fused-ring (bicyclic) bond motifs is 1. The third kappa shape index (κ3) is 2.97. The SMILES string of the molecule is CSc1nc2cc(C)n(CC(=O)O)c2c(=O)n1CC(C)C. The average molecular weight is 309 g/mol. The average Bonchev–Trinajstić information content (AvgIpc) is 2.68. The number of carboxylic acids is 1. The first kappa shape index (κ1) is 15.6. The van der Waals surface area contributed by atoms with E-state index in [0.29, 0.717) is 28.7 Å². The van der Waals surface area contributed by atoms with Gasteiger partial charge in [0.15, 0.2) is 5.16 Å². The van der Waals surface area contributed by atoms with E-state index in [-0.39, 0.29) is 12.1 Å². The first-order chi connectivity index (χ1) is 9.85. The van der Waals surface area contributed by atoms with Gasteiger partial charge in [0.25, 0.3) is 5.56 Å². The van der Waals surface area contributed by atoms with Gasteiger partial charge in [0, 0.05) is 12.2 Å². The quantitative estimate of drug-likeness (QED) is 0.675. The van der Waals surface area contributed by atoms with Crippen molar-refractivity contribution in [3.05, 3.63) is 22.1 Å². The minimum Gasteiger partial charge on any atom is -0.480 e. The minimum atomic E-state index is -0.973. The Kier molecular flexibility index (Phi) is 4.41. The van der Waals surface area contributed by atoms with E-state index in [1.54, 1.807) is 17.6 Å². The molecule has 0 radical (unpaired) electrons. The minimum absolute atomic E-state index is 0.174. The molecule has 2 aromatic rings. The van der Waals surface area contributed by atoms with E-state index in [1.165, 1.54) is 16.3 Å². The zero-order valence-corrected chi connectivity index (χ0v) is 13.4. The molecule has 2 rings (SSSR count). The summed E-state index contributed by atoms with van der Waals surface area (Å²) in [5.74, 6) is -0.670.